The molecule has 2 aliphatic rings. The Morgan fingerprint density at radius 2 is 1.58 bits per heavy atom. The molecule has 2 saturated heterocycles. The maximum Gasteiger partial charge on any atom is 0.417 e. The number of nitrogens with zero attached hydrogens (tertiary/aromatic N) is 2. The van der Waals surface area contributed by atoms with Crippen molar-refractivity contribution < 1.29 is 31.2 Å². The van der Waals surface area contributed by atoms with Crippen LogP contribution in [0.4, 0.5) is 13.2 Å². The van der Waals surface area contributed by atoms with Crippen LogP contribution in [0.1, 0.15) is 50.5 Å². The van der Waals surface area contributed by atoms with Crippen LogP contribution in [0.3, 0.4) is 0 Å². The molecule has 0 aromatic heterocycles. The standard InChI is InChI=1S/C22H30F3N3O4S/c23-22(24,25)18-7-3-4-8-19(18)33(31,32)28-15-10-17(11-16-28)21(30)26-12-9-20(29)27-13-5-1-2-6-14-27/h3-4,7-8,17H,1-2,5-6,9-16H2,(H,26,30). The zero-order valence-electron chi connectivity index (χ0n) is 18.4. The highest BCUT2D eigenvalue weighted by Gasteiger charge is 2.40. The summed E-state index contributed by atoms with van der Waals surface area (Å²) in [6.45, 7) is 1.62. The van der Waals surface area contributed by atoms with Gasteiger partial charge in [0.05, 0.1) is 10.5 Å². The molecule has 0 spiro atoms. The van der Waals surface area contributed by atoms with E-state index in [4.69, 9.17) is 0 Å². The summed E-state index contributed by atoms with van der Waals surface area (Å²) in [7, 11) is -4.34. The molecule has 184 valence electrons. The van der Waals surface area contributed by atoms with E-state index in [2.05, 4.69) is 5.32 Å². The van der Waals surface area contributed by atoms with Gasteiger partial charge in [-0.15, -0.1) is 0 Å². The SMILES string of the molecule is O=C(NCCC(=O)N1CCCCCC1)C1CCN(S(=O)(=O)c2ccccc2C(F)(F)F)CC1. The third-order valence-electron chi connectivity index (χ3n) is 6.23. The van der Waals surface area contributed by atoms with Crippen LogP contribution in [0.15, 0.2) is 29.2 Å². The van der Waals surface area contributed by atoms with E-state index in [9.17, 15) is 31.2 Å². The summed E-state index contributed by atoms with van der Waals surface area (Å²) in [5.41, 5.74) is -1.20. The predicted octanol–water partition coefficient (Wildman–Crippen LogP) is 3.02. The Balaban J connectivity index is 1.50. The Morgan fingerprint density at radius 3 is 2.18 bits per heavy atom. The van der Waals surface area contributed by atoms with Crippen molar-refractivity contribution in [3.8, 4) is 0 Å². The number of carbonyl (C=O) groups is 2. The topological polar surface area (TPSA) is 86.8 Å². The quantitative estimate of drug-likeness (QED) is 0.666. The molecule has 0 saturated carbocycles. The lowest BCUT2D eigenvalue weighted by atomic mass is 9.97. The lowest BCUT2D eigenvalue weighted by Crippen LogP contribution is -2.44. The molecule has 2 aliphatic heterocycles. The smallest absolute Gasteiger partial charge is 0.355 e. The molecule has 0 bridgehead atoms. The number of halogens is 3. The first-order chi connectivity index (χ1) is 15.6. The fourth-order valence-electron chi connectivity index (χ4n) is 4.34. The minimum Gasteiger partial charge on any atom is -0.355 e. The molecule has 0 unspecified atom stereocenters. The van der Waals surface area contributed by atoms with Crippen LogP contribution in [-0.2, 0) is 25.8 Å². The molecule has 0 aliphatic carbocycles. The Labute approximate surface area is 192 Å². The number of carbonyl (C=O) groups excluding carboxylic acids is 2. The molecule has 1 aromatic carbocycles. The summed E-state index contributed by atoms with van der Waals surface area (Å²) in [4.78, 5) is 25.8. The summed E-state index contributed by atoms with van der Waals surface area (Å²) in [6.07, 6.45) is 0.0754. The van der Waals surface area contributed by atoms with E-state index in [-0.39, 0.29) is 50.7 Å². The van der Waals surface area contributed by atoms with Crippen molar-refractivity contribution in [1.29, 1.82) is 0 Å². The second kappa shape index (κ2) is 10.9. The molecule has 0 atom stereocenters. The highest BCUT2D eigenvalue weighted by atomic mass is 32.2. The van der Waals surface area contributed by atoms with Gasteiger partial charge < -0.3 is 10.2 Å². The van der Waals surface area contributed by atoms with Crippen molar-refractivity contribution in [1.82, 2.24) is 14.5 Å². The number of piperidine rings is 1. The van der Waals surface area contributed by atoms with Crippen molar-refractivity contribution >= 4 is 21.8 Å². The van der Waals surface area contributed by atoms with Crippen LogP contribution in [0.2, 0.25) is 0 Å². The summed E-state index contributed by atoms with van der Waals surface area (Å²) < 4.78 is 66.5. The largest absolute Gasteiger partial charge is 0.417 e. The first kappa shape index (κ1) is 25.5. The second-order valence-corrected chi connectivity index (χ2v) is 10.4. The van der Waals surface area contributed by atoms with E-state index in [1.54, 1.807) is 0 Å². The van der Waals surface area contributed by atoms with Gasteiger partial charge in [0.2, 0.25) is 21.8 Å². The summed E-state index contributed by atoms with van der Waals surface area (Å²) in [5.74, 6) is -0.685. The molecule has 1 N–H and O–H groups in total. The predicted molar refractivity (Wildman–Crippen MR) is 116 cm³/mol. The Bertz CT molecular complexity index is 936. The van der Waals surface area contributed by atoms with Crippen LogP contribution < -0.4 is 5.32 Å². The molecule has 11 heteroatoms. The van der Waals surface area contributed by atoms with Crippen LogP contribution in [0, 0.1) is 5.92 Å². The van der Waals surface area contributed by atoms with Gasteiger partial charge in [-0.05, 0) is 37.8 Å². The number of benzene rings is 1. The van der Waals surface area contributed by atoms with E-state index >= 15 is 0 Å². The fourth-order valence-corrected chi connectivity index (χ4v) is 6.02. The first-order valence-electron chi connectivity index (χ1n) is 11.3. The number of nitrogens with one attached hydrogen (secondary N) is 1. The maximum absolute atomic E-state index is 13.3. The van der Waals surface area contributed by atoms with E-state index in [1.807, 2.05) is 4.90 Å². The molecule has 2 fully saturated rings. The Morgan fingerprint density at radius 1 is 0.970 bits per heavy atom. The molecule has 33 heavy (non-hydrogen) atoms. The molecule has 2 heterocycles. The number of hydrogen-bond donors (Lipinski definition) is 1. The number of likely N-dealkylation sites (tertiary alicyclic amines) is 1. The Hall–Kier alpha value is -2.14. The highest BCUT2D eigenvalue weighted by molar-refractivity contribution is 7.89. The van der Waals surface area contributed by atoms with Gasteiger partial charge in [0.15, 0.2) is 0 Å². The van der Waals surface area contributed by atoms with Gasteiger partial charge in [-0.1, -0.05) is 25.0 Å². The zero-order chi connectivity index (χ0) is 24.1. The third-order valence-corrected chi connectivity index (χ3v) is 8.19. The van der Waals surface area contributed by atoms with Gasteiger partial charge in [-0.2, -0.15) is 17.5 Å². The lowest BCUT2D eigenvalue weighted by molar-refractivity contribution is -0.140. The average molecular weight is 490 g/mol. The molecule has 3 rings (SSSR count). The first-order valence-corrected chi connectivity index (χ1v) is 12.8. The highest BCUT2D eigenvalue weighted by Crippen LogP contribution is 2.36. The van der Waals surface area contributed by atoms with Crippen molar-refractivity contribution in [2.75, 3.05) is 32.7 Å². The van der Waals surface area contributed by atoms with Crippen LogP contribution >= 0.6 is 0 Å². The molecule has 2 amide bonds. The number of alkyl halides is 3. The van der Waals surface area contributed by atoms with E-state index in [1.165, 1.54) is 6.07 Å². The normalized spacial score (nSPS) is 19.2. The van der Waals surface area contributed by atoms with Crippen molar-refractivity contribution in [2.45, 2.75) is 56.0 Å². The van der Waals surface area contributed by atoms with Gasteiger partial charge in [-0.3, -0.25) is 9.59 Å². The van der Waals surface area contributed by atoms with Gasteiger partial charge in [0.1, 0.15) is 0 Å². The number of hydrogen-bond acceptors (Lipinski definition) is 4. The maximum atomic E-state index is 13.3. The second-order valence-electron chi connectivity index (χ2n) is 8.51. The minimum absolute atomic E-state index is 0.0152. The summed E-state index contributed by atoms with van der Waals surface area (Å²) >= 11 is 0. The molecule has 7 nitrogen and oxygen atoms in total. The monoisotopic (exact) mass is 489 g/mol. The van der Waals surface area contributed by atoms with Crippen LogP contribution in [0.25, 0.3) is 0 Å². The van der Waals surface area contributed by atoms with Gasteiger partial charge in [-0.25, -0.2) is 8.42 Å². The van der Waals surface area contributed by atoms with Crippen molar-refractivity contribution in [3.05, 3.63) is 29.8 Å². The third kappa shape index (κ3) is 6.47. The molecule has 1 aromatic rings. The zero-order valence-corrected chi connectivity index (χ0v) is 19.3. The number of rotatable bonds is 6. The van der Waals surface area contributed by atoms with E-state index in [0.29, 0.717) is 0 Å². The summed E-state index contributed by atoms with van der Waals surface area (Å²) in [5, 5.41) is 2.75. The van der Waals surface area contributed by atoms with Gasteiger partial charge in [0, 0.05) is 45.1 Å². The summed E-state index contributed by atoms with van der Waals surface area (Å²) in [6, 6.07) is 4.11. The lowest BCUT2D eigenvalue weighted by Gasteiger charge is -2.31. The molecular formula is C22H30F3N3O4S. The van der Waals surface area contributed by atoms with Crippen molar-refractivity contribution in [3.63, 3.8) is 0 Å². The molecular weight excluding hydrogens is 459 g/mol. The van der Waals surface area contributed by atoms with Gasteiger partial charge in [0.25, 0.3) is 0 Å². The molecule has 0 radical (unpaired) electrons. The number of sulfonamides is 1. The van der Waals surface area contributed by atoms with E-state index < -0.39 is 32.6 Å². The average Bonchev–Trinajstić information content (AvgIpc) is 3.08. The minimum atomic E-state index is -4.79. The van der Waals surface area contributed by atoms with Crippen LogP contribution in [0.5, 0.6) is 0 Å². The van der Waals surface area contributed by atoms with Gasteiger partial charge >= 0.3 is 6.18 Å². The van der Waals surface area contributed by atoms with Crippen LogP contribution in [-0.4, -0.2) is 62.2 Å². The Kier molecular flexibility index (Phi) is 8.38. The fraction of sp³-hybridized carbons (Fsp3) is 0.636. The number of amides is 2. The van der Waals surface area contributed by atoms with E-state index in [0.717, 1.165) is 61.3 Å². The van der Waals surface area contributed by atoms with Crippen molar-refractivity contribution in [2.24, 2.45) is 5.92 Å².